The standard InChI is InChI=1S/C17H14O4/c1-17(16(19)20-13-8-3-2-4-9-13)11-12-7-5-6-10-14(12)15(18)21-17/h2-10H,11H2,1H3/t17-/m1/s1. The zero-order valence-electron chi connectivity index (χ0n) is 11.5. The van der Waals surface area contributed by atoms with Crippen LogP contribution >= 0.6 is 0 Å². The van der Waals surface area contributed by atoms with Crippen molar-refractivity contribution in [2.24, 2.45) is 0 Å². The molecule has 3 rings (SSSR count). The van der Waals surface area contributed by atoms with Crippen molar-refractivity contribution in [3.05, 3.63) is 65.7 Å². The number of rotatable bonds is 2. The topological polar surface area (TPSA) is 52.6 Å². The summed E-state index contributed by atoms with van der Waals surface area (Å²) in [5.41, 5.74) is -0.00915. The van der Waals surface area contributed by atoms with E-state index in [9.17, 15) is 9.59 Å². The third kappa shape index (κ3) is 2.52. The predicted molar refractivity (Wildman–Crippen MR) is 76.0 cm³/mol. The summed E-state index contributed by atoms with van der Waals surface area (Å²) in [5, 5.41) is 0. The van der Waals surface area contributed by atoms with Crippen molar-refractivity contribution < 1.29 is 19.1 Å². The van der Waals surface area contributed by atoms with Gasteiger partial charge in [-0.3, -0.25) is 0 Å². The number of fused-ring (bicyclic) bond motifs is 1. The lowest BCUT2D eigenvalue weighted by atomic mass is 9.90. The van der Waals surface area contributed by atoms with Gasteiger partial charge < -0.3 is 9.47 Å². The quantitative estimate of drug-likeness (QED) is 0.628. The van der Waals surface area contributed by atoms with E-state index in [-0.39, 0.29) is 0 Å². The van der Waals surface area contributed by atoms with E-state index >= 15 is 0 Å². The van der Waals surface area contributed by atoms with E-state index in [0.29, 0.717) is 17.7 Å². The Bertz CT molecular complexity index is 693. The van der Waals surface area contributed by atoms with Gasteiger partial charge in [0.05, 0.1) is 5.56 Å². The van der Waals surface area contributed by atoms with E-state index in [1.54, 1.807) is 43.3 Å². The molecule has 2 aromatic carbocycles. The number of benzene rings is 2. The van der Waals surface area contributed by atoms with E-state index < -0.39 is 17.5 Å². The molecule has 0 aliphatic carbocycles. The first-order valence-electron chi connectivity index (χ1n) is 6.67. The lowest BCUT2D eigenvalue weighted by molar-refractivity contribution is -0.155. The highest BCUT2D eigenvalue weighted by Crippen LogP contribution is 2.29. The summed E-state index contributed by atoms with van der Waals surface area (Å²) >= 11 is 0. The molecule has 0 N–H and O–H groups in total. The fourth-order valence-electron chi connectivity index (χ4n) is 2.35. The number of cyclic esters (lactones) is 1. The second-order valence-corrected chi connectivity index (χ2v) is 5.16. The van der Waals surface area contributed by atoms with Crippen LogP contribution in [0.1, 0.15) is 22.8 Å². The van der Waals surface area contributed by atoms with Gasteiger partial charge in [0.2, 0.25) is 5.60 Å². The number of esters is 2. The maximum atomic E-state index is 12.3. The van der Waals surface area contributed by atoms with Gasteiger partial charge in [-0.15, -0.1) is 0 Å². The molecule has 0 saturated heterocycles. The average molecular weight is 282 g/mol. The Balaban J connectivity index is 1.85. The third-order valence-electron chi connectivity index (χ3n) is 3.47. The molecule has 1 heterocycles. The van der Waals surface area contributed by atoms with Crippen LogP contribution in [0.5, 0.6) is 5.75 Å². The van der Waals surface area contributed by atoms with Gasteiger partial charge in [0.25, 0.3) is 0 Å². The second-order valence-electron chi connectivity index (χ2n) is 5.16. The molecule has 21 heavy (non-hydrogen) atoms. The van der Waals surface area contributed by atoms with E-state index in [2.05, 4.69) is 0 Å². The average Bonchev–Trinajstić information content (AvgIpc) is 2.48. The van der Waals surface area contributed by atoms with E-state index in [4.69, 9.17) is 9.47 Å². The zero-order valence-corrected chi connectivity index (χ0v) is 11.5. The van der Waals surface area contributed by atoms with Gasteiger partial charge in [0.15, 0.2) is 0 Å². The van der Waals surface area contributed by atoms with Crippen molar-refractivity contribution in [1.82, 2.24) is 0 Å². The van der Waals surface area contributed by atoms with E-state index in [0.717, 1.165) is 5.56 Å². The Kier molecular flexibility index (Phi) is 3.22. The van der Waals surface area contributed by atoms with Crippen LogP contribution in [0, 0.1) is 0 Å². The van der Waals surface area contributed by atoms with Gasteiger partial charge in [-0.1, -0.05) is 36.4 Å². The summed E-state index contributed by atoms with van der Waals surface area (Å²) in [6, 6.07) is 15.9. The number of hydrogen-bond donors (Lipinski definition) is 0. The summed E-state index contributed by atoms with van der Waals surface area (Å²) in [5.74, 6) is -0.639. The predicted octanol–water partition coefficient (Wildman–Crippen LogP) is 2.76. The number of hydrogen-bond acceptors (Lipinski definition) is 4. The molecule has 0 bridgehead atoms. The molecule has 0 unspecified atom stereocenters. The lowest BCUT2D eigenvalue weighted by Crippen LogP contribution is -2.48. The number of para-hydroxylation sites is 1. The van der Waals surface area contributed by atoms with Gasteiger partial charge in [0.1, 0.15) is 5.75 Å². The Morgan fingerprint density at radius 1 is 1.10 bits per heavy atom. The van der Waals surface area contributed by atoms with Crippen molar-refractivity contribution in [3.63, 3.8) is 0 Å². The molecular formula is C17H14O4. The lowest BCUT2D eigenvalue weighted by Gasteiger charge is -2.32. The number of ether oxygens (including phenoxy) is 2. The molecule has 1 atom stereocenters. The molecule has 0 radical (unpaired) electrons. The van der Waals surface area contributed by atoms with Crippen LogP contribution in [0.4, 0.5) is 0 Å². The normalized spacial score (nSPS) is 20.3. The van der Waals surface area contributed by atoms with Crippen molar-refractivity contribution >= 4 is 11.9 Å². The third-order valence-corrected chi connectivity index (χ3v) is 3.47. The van der Waals surface area contributed by atoms with Crippen LogP contribution in [-0.2, 0) is 16.0 Å². The van der Waals surface area contributed by atoms with E-state index in [1.807, 2.05) is 18.2 Å². The van der Waals surface area contributed by atoms with Gasteiger partial charge in [0, 0.05) is 6.42 Å². The maximum Gasteiger partial charge on any atom is 0.356 e. The SMILES string of the molecule is C[C@]1(C(=O)Oc2ccccc2)Cc2ccccc2C(=O)O1. The minimum atomic E-state index is -1.30. The molecule has 4 nitrogen and oxygen atoms in total. The summed E-state index contributed by atoms with van der Waals surface area (Å²) in [6.45, 7) is 1.58. The van der Waals surface area contributed by atoms with E-state index in [1.165, 1.54) is 0 Å². The molecule has 1 aliphatic heterocycles. The van der Waals surface area contributed by atoms with Gasteiger partial charge in [-0.05, 0) is 30.7 Å². The highest BCUT2D eigenvalue weighted by atomic mass is 16.6. The smallest absolute Gasteiger partial charge is 0.356 e. The Morgan fingerprint density at radius 3 is 2.52 bits per heavy atom. The van der Waals surface area contributed by atoms with Crippen LogP contribution in [0.2, 0.25) is 0 Å². The molecule has 0 amide bonds. The first-order chi connectivity index (χ1) is 10.1. The van der Waals surface area contributed by atoms with Crippen molar-refractivity contribution in [2.45, 2.75) is 18.9 Å². The van der Waals surface area contributed by atoms with Crippen molar-refractivity contribution in [3.8, 4) is 5.75 Å². The number of carbonyl (C=O) groups excluding carboxylic acids is 2. The molecule has 1 aliphatic rings. The van der Waals surface area contributed by atoms with Crippen molar-refractivity contribution in [1.29, 1.82) is 0 Å². The molecule has 2 aromatic rings. The summed E-state index contributed by atoms with van der Waals surface area (Å²) < 4.78 is 10.6. The highest BCUT2D eigenvalue weighted by molar-refractivity contribution is 5.96. The molecule has 0 aromatic heterocycles. The first-order valence-corrected chi connectivity index (χ1v) is 6.67. The van der Waals surface area contributed by atoms with Crippen LogP contribution in [-0.4, -0.2) is 17.5 Å². The fourth-order valence-corrected chi connectivity index (χ4v) is 2.35. The maximum absolute atomic E-state index is 12.3. The van der Waals surface area contributed by atoms with Gasteiger partial charge >= 0.3 is 11.9 Å². The highest BCUT2D eigenvalue weighted by Gasteiger charge is 2.44. The van der Waals surface area contributed by atoms with Crippen LogP contribution in [0.15, 0.2) is 54.6 Å². The minimum absolute atomic E-state index is 0.306. The Morgan fingerprint density at radius 2 is 1.76 bits per heavy atom. The number of carbonyl (C=O) groups is 2. The monoisotopic (exact) mass is 282 g/mol. The molecule has 4 heteroatoms. The summed E-state index contributed by atoms with van der Waals surface area (Å²) in [4.78, 5) is 24.4. The minimum Gasteiger partial charge on any atom is -0.443 e. The largest absolute Gasteiger partial charge is 0.443 e. The van der Waals surface area contributed by atoms with Gasteiger partial charge in [-0.25, -0.2) is 9.59 Å². The van der Waals surface area contributed by atoms with Crippen LogP contribution in [0.3, 0.4) is 0 Å². The fraction of sp³-hybridized carbons (Fsp3) is 0.176. The molecule has 106 valence electrons. The molecule has 0 fully saturated rings. The second kappa shape index (κ2) is 5.05. The van der Waals surface area contributed by atoms with Crippen molar-refractivity contribution in [2.75, 3.05) is 0 Å². The Hall–Kier alpha value is -2.62. The molecular weight excluding hydrogens is 268 g/mol. The summed E-state index contributed by atoms with van der Waals surface area (Å²) in [6.07, 6.45) is 0.306. The van der Waals surface area contributed by atoms with Crippen LogP contribution in [0.25, 0.3) is 0 Å². The Labute approximate surface area is 122 Å². The van der Waals surface area contributed by atoms with Crippen LogP contribution < -0.4 is 4.74 Å². The molecule has 0 saturated carbocycles. The molecule has 0 spiro atoms. The first kappa shape index (κ1) is 13.4. The summed E-state index contributed by atoms with van der Waals surface area (Å²) in [7, 11) is 0. The zero-order chi connectivity index (χ0) is 14.9. The van der Waals surface area contributed by atoms with Gasteiger partial charge in [-0.2, -0.15) is 0 Å².